The average molecular weight is 376 g/mol. The summed E-state index contributed by atoms with van der Waals surface area (Å²) in [6.45, 7) is 12.7. The molecular formula is C19H29N5OS. The molecule has 142 valence electrons. The zero-order chi connectivity index (χ0) is 19.5. The Balaban J connectivity index is 2.05. The predicted molar refractivity (Wildman–Crippen MR) is 107 cm³/mol. The molecule has 0 aliphatic heterocycles. The first kappa shape index (κ1) is 20.3. The molecule has 1 aromatic heterocycles. The highest BCUT2D eigenvalue weighted by atomic mass is 32.2. The molecule has 1 heterocycles. The van der Waals surface area contributed by atoms with E-state index in [2.05, 4.69) is 62.3 Å². The first-order chi connectivity index (χ1) is 12.1. The SMILES string of the molecule is CC(C)[C@@H](C)NC(=O)CSc1nnc(-c2ccc(C(C)(C)C)cc2)n1N. The maximum atomic E-state index is 12.0. The fourth-order valence-electron chi connectivity index (χ4n) is 2.28. The first-order valence-corrected chi connectivity index (χ1v) is 9.81. The molecule has 1 aromatic carbocycles. The van der Waals surface area contributed by atoms with Gasteiger partial charge in [-0.3, -0.25) is 4.79 Å². The number of carbonyl (C=O) groups is 1. The van der Waals surface area contributed by atoms with Gasteiger partial charge in [0.2, 0.25) is 11.1 Å². The fourth-order valence-corrected chi connectivity index (χ4v) is 2.95. The lowest BCUT2D eigenvalue weighted by atomic mass is 9.87. The molecule has 0 spiro atoms. The van der Waals surface area contributed by atoms with Gasteiger partial charge in [0.1, 0.15) is 0 Å². The highest BCUT2D eigenvalue weighted by molar-refractivity contribution is 7.99. The van der Waals surface area contributed by atoms with Crippen LogP contribution in [0.3, 0.4) is 0 Å². The van der Waals surface area contributed by atoms with Crippen LogP contribution in [-0.4, -0.2) is 32.6 Å². The van der Waals surface area contributed by atoms with Crippen molar-refractivity contribution in [2.45, 2.75) is 58.2 Å². The molecule has 0 radical (unpaired) electrons. The molecule has 0 aliphatic carbocycles. The summed E-state index contributed by atoms with van der Waals surface area (Å²) >= 11 is 1.28. The Morgan fingerprint density at radius 2 is 1.81 bits per heavy atom. The number of rotatable bonds is 6. The number of thioether (sulfide) groups is 1. The number of benzene rings is 1. The number of carbonyl (C=O) groups excluding carboxylic acids is 1. The van der Waals surface area contributed by atoms with Crippen molar-refractivity contribution in [3.63, 3.8) is 0 Å². The van der Waals surface area contributed by atoms with E-state index in [4.69, 9.17) is 5.84 Å². The second-order valence-electron chi connectivity index (χ2n) is 7.89. The van der Waals surface area contributed by atoms with Gasteiger partial charge in [0.25, 0.3) is 0 Å². The van der Waals surface area contributed by atoms with Crippen LogP contribution in [0.5, 0.6) is 0 Å². The number of hydrogen-bond acceptors (Lipinski definition) is 5. The van der Waals surface area contributed by atoms with Gasteiger partial charge < -0.3 is 11.2 Å². The summed E-state index contributed by atoms with van der Waals surface area (Å²) in [6, 6.07) is 8.30. The summed E-state index contributed by atoms with van der Waals surface area (Å²) in [7, 11) is 0. The molecule has 26 heavy (non-hydrogen) atoms. The van der Waals surface area contributed by atoms with Gasteiger partial charge in [0.15, 0.2) is 5.82 Å². The Bertz CT molecular complexity index is 746. The van der Waals surface area contributed by atoms with Crippen LogP contribution < -0.4 is 11.2 Å². The molecule has 1 atom stereocenters. The molecule has 2 rings (SSSR count). The van der Waals surface area contributed by atoms with Crippen LogP contribution in [0.2, 0.25) is 0 Å². The topological polar surface area (TPSA) is 85.8 Å². The standard InChI is InChI=1S/C19H29N5OS/c1-12(2)13(3)21-16(25)11-26-18-23-22-17(24(18)20)14-7-9-15(10-8-14)19(4,5)6/h7-10,12-13H,11,20H2,1-6H3,(H,21,25)/t13-/m1/s1. The van der Waals surface area contributed by atoms with Crippen LogP contribution in [0, 0.1) is 5.92 Å². The van der Waals surface area contributed by atoms with Crippen molar-refractivity contribution in [1.82, 2.24) is 20.2 Å². The van der Waals surface area contributed by atoms with E-state index in [9.17, 15) is 4.79 Å². The van der Waals surface area contributed by atoms with E-state index in [1.807, 2.05) is 19.1 Å². The van der Waals surface area contributed by atoms with Gasteiger partial charge in [-0.2, -0.15) is 0 Å². The predicted octanol–water partition coefficient (Wildman–Crippen LogP) is 3.21. The molecule has 0 fully saturated rings. The molecule has 0 saturated carbocycles. The van der Waals surface area contributed by atoms with Crippen LogP contribution in [-0.2, 0) is 10.2 Å². The summed E-state index contributed by atoms with van der Waals surface area (Å²) in [5, 5.41) is 11.8. The summed E-state index contributed by atoms with van der Waals surface area (Å²) in [5.74, 6) is 7.34. The first-order valence-electron chi connectivity index (χ1n) is 8.83. The van der Waals surface area contributed by atoms with Crippen molar-refractivity contribution in [3.8, 4) is 11.4 Å². The van der Waals surface area contributed by atoms with Crippen molar-refractivity contribution >= 4 is 17.7 Å². The van der Waals surface area contributed by atoms with Gasteiger partial charge in [0, 0.05) is 11.6 Å². The quantitative estimate of drug-likeness (QED) is 0.598. The normalized spacial score (nSPS) is 13.0. The third-order valence-corrected chi connectivity index (χ3v) is 5.34. The average Bonchev–Trinajstić information content (AvgIpc) is 2.93. The zero-order valence-electron chi connectivity index (χ0n) is 16.4. The molecule has 3 N–H and O–H groups in total. The van der Waals surface area contributed by atoms with Crippen molar-refractivity contribution in [2.75, 3.05) is 11.6 Å². The number of hydrogen-bond donors (Lipinski definition) is 2. The Hall–Kier alpha value is -2.02. The monoisotopic (exact) mass is 375 g/mol. The van der Waals surface area contributed by atoms with Crippen LogP contribution in [0.1, 0.15) is 47.1 Å². The van der Waals surface area contributed by atoms with E-state index in [1.165, 1.54) is 22.0 Å². The van der Waals surface area contributed by atoms with E-state index in [0.717, 1.165) is 5.56 Å². The lowest BCUT2D eigenvalue weighted by Gasteiger charge is -2.19. The minimum absolute atomic E-state index is 0.0321. The van der Waals surface area contributed by atoms with Gasteiger partial charge in [-0.25, -0.2) is 4.68 Å². The second-order valence-corrected chi connectivity index (χ2v) is 8.83. The Morgan fingerprint density at radius 3 is 2.35 bits per heavy atom. The summed E-state index contributed by atoms with van der Waals surface area (Å²) in [4.78, 5) is 12.0. The Labute approximate surface area is 159 Å². The number of nitrogens with one attached hydrogen (secondary N) is 1. The van der Waals surface area contributed by atoms with Crippen LogP contribution in [0.4, 0.5) is 0 Å². The molecule has 2 aromatic rings. The summed E-state index contributed by atoms with van der Waals surface area (Å²) in [5.41, 5.74) is 2.24. The maximum absolute atomic E-state index is 12.0. The molecule has 0 saturated heterocycles. The minimum atomic E-state index is -0.0321. The van der Waals surface area contributed by atoms with Gasteiger partial charge in [-0.15, -0.1) is 10.2 Å². The maximum Gasteiger partial charge on any atom is 0.230 e. The molecule has 6 nitrogen and oxygen atoms in total. The highest BCUT2D eigenvalue weighted by Crippen LogP contribution is 2.26. The number of nitrogen functional groups attached to an aromatic ring is 1. The number of nitrogens with zero attached hydrogens (tertiary/aromatic N) is 3. The molecule has 0 unspecified atom stereocenters. The van der Waals surface area contributed by atoms with E-state index >= 15 is 0 Å². The molecule has 0 bridgehead atoms. The van der Waals surface area contributed by atoms with Crippen molar-refractivity contribution in [3.05, 3.63) is 29.8 Å². The Kier molecular flexibility index (Phi) is 6.34. The number of nitrogens with two attached hydrogens (primary N) is 1. The highest BCUT2D eigenvalue weighted by Gasteiger charge is 2.17. The van der Waals surface area contributed by atoms with Gasteiger partial charge >= 0.3 is 0 Å². The summed E-state index contributed by atoms with van der Waals surface area (Å²) in [6.07, 6.45) is 0. The zero-order valence-corrected chi connectivity index (χ0v) is 17.2. The number of aromatic nitrogens is 3. The lowest BCUT2D eigenvalue weighted by molar-refractivity contribution is -0.119. The van der Waals surface area contributed by atoms with Gasteiger partial charge in [-0.05, 0) is 23.8 Å². The van der Waals surface area contributed by atoms with Crippen molar-refractivity contribution < 1.29 is 4.79 Å². The van der Waals surface area contributed by atoms with E-state index < -0.39 is 0 Å². The second kappa shape index (κ2) is 8.12. The van der Waals surface area contributed by atoms with E-state index in [0.29, 0.717) is 16.9 Å². The van der Waals surface area contributed by atoms with E-state index in [1.54, 1.807) is 0 Å². The summed E-state index contributed by atoms with van der Waals surface area (Å²) < 4.78 is 1.44. The van der Waals surface area contributed by atoms with E-state index in [-0.39, 0.29) is 23.1 Å². The van der Waals surface area contributed by atoms with Crippen LogP contribution >= 0.6 is 11.8 Å². The van der Waals surface area contributed by atoms with Crippen molar-refractivity contribution in [2.24, 2.45) is 5.92 Å². The van der Waals surface area contributed by atoms with Gasteiger partial charge in [0.05, 0.1) is 5.75 Å². The fraction of sp³-hybridized carbons (Fsp3) is 0.526. The smallest absolute Gasteiger partial charge is 0.230 e. The molecule has 0 aliphatic rings. The minimum Gasteiger partial charge on any atom is -0.353 e. The molecule has 7 heteroatoms. The Morgan fingerprint density at radius 1 is 1.19 bits per heavy atom. The molecule has 1 amide bonds. The van der Waals surface area contributed by atoms with Crippen LogP contribution in [0.15, 0.2) is 29.4 Å². The molecular weight excluding hydrogens is 346 g/mol. The van der Waals surface area contributed by atoms with Gasteiger partial charge in [-0.1, -0.05) is 70.6 Å². The third kappa shape index (κ3) is 5.00. The van der Waals surface area contributed by atoms with Crippen LogP contribution in [0.25, 0.3) is 11.4 Å². The largest absolute Gasteiger partial charge is 0.353 e. The third-order valence-electron chi connectivity index (χ3n) is 4.39. The lowest BCUT2D eigenvalue weighted by Crippen LogP contribution is -2.37. The number of amides is 1. The van der Waals surface area contributed by atoms with Crippen molar-refractivity contribution in [1.29, 1.82) is 0 Å².